The van der Waals surface area contributed by atoms with Crippen molar-refractivity contribution in [1.29, 1.82) is 0 Å². The third-order valence-corrected chi connectivity index (χ3v) is 3.65. The van der Waals surface area contributed by atoms with Crippen LogP contribution in [0.5, 0.6) is 0 Å². The predicted octanol–water partition coefficient (Wildman–Crippen LogP) is 3.01. The first-order valence-electron chi connectivity index (χ1n) is 4.28. The maximum Gasteiger partial charge on any atom is 0.129 e. The van der Waals surface area contributed by atoms with Gasteiger partial charge in [-0.1, -0.05) is 22.6 Å². The number of anilines is 1. The van der Waals surface area contributed by atoms with Crippen molar-refractivity contribution in [3.05, 3.63) is 22.3 Å². The van der Waals surface area contributed by atoms with Gasteiger partial charge in [0.2, 0.25) is 0 Å². The van der Waals surface area contributed by atoms with E-state index in [0.717, 1.165) is 23.3 Å². The van der Waals surface area contributed by atoms with Gasteiger partial charge >= 0.3 is 0 Å². The lowest BCUT2D eigenvalue weighted by Gasteiger charge is -2.06. The maximum absolute atomic E-state index is 4.35. The topological polar surface area (TPSA) is 24.9 Å². The van der Waals surface area contributed by atoms with Gasteiger partial charge in [0, 0.05) is 21.1 Å². The van der Waals surface area contributed by atoms with E-state index in [2.05, 4.69) is 54.9 Å². The molecule has 1 aliphatic heterocycles. The summed E-state index contributed by atoms with van der Waals surface area (Å²) in [5.74, 6) is 1.06. The summed E-state index contributed by atoms with van der Waals surface area (Å²) < 4.78 is 1.78. The van der Waals surface area contributed by atoms with E-state index in [-0.39, 0.29) is 0 Å². The molecule has 0 aromatic carbocycles. The molecule has 0 spiro atoms. The van der Waals surface area contributed by atoms with Crippen LogP contribution in [0.15, 0.2) is 16.7 Å². The number of nitrogens with one attached hydrogen (secondary N) is 1. The van der Waals surface area contributed by atoms with Crippen LogP contribution < -0.4 is 5.32 Å². The number of rotatable bonds is 0. The molecule has 0 radical (unpaired) electrons. The Balaban J connectivity index is 2.30. The smallest absolute Gasteiger partial charge is 0.129 e. The molecule has 4 heteroatoms. The Morgan fingerprint density at radius 1 is 1.62 bits per heavy atom. The monoisotopic (exact) mass is 352 g/mol. The van der Waals surface area contributed by atoms with Crippen LogP contribution in [0.3, 0.4) is 0 Å². The molecule has 0 bridgehead atoms. The van der Waals surface area contributed by atoms with Gasteiger partial charge in [0.05, 0.1) is 0 Å². The van der Waals surface area contributed by atoms with E-state index in [1.165, 1.54) is 12.0 Å². The van der Waals surface area contributed by atoms with Gasteiger partial charge in [-0.25, -0.2) is 4.98 Å². The molecule has 0 saturated carbocycles. The molecule has 1 unspecified atom stereocenters. The molecule has 2 heterocycles. The summed E-state index contributed by atoms with van der Waals surface area (Å²) in [5.41, 5.74) is 1.33. The minimum atomic E-state index is 0.713. The second-order valence-electron chi connectivity index (χ2n) is 3.18. The molecular formula is C9H10BrIN2. The average molecular weight is 353 g/mol. The maximum atomic E-state index is 4.35. The standard InChI is InChI=1S/C9H10BrIN2/c10-7-3-6-1-2-8(11)5-13-9(6)12-4-7/h3-4,8H,1-2,5H2,(H,12,13). The molecular weight excluding hydrogens is 343 g/mol. The van der Waals surface area contributed by atoms with Gasteiger partial charge in [-0.15, -0.1) is 0 Å². The summed E-state index contributed by atoms with van der Waals surface area (Å²) in [6.07, 6.45) is 4.21. The number of fused-ring (bicyclic) bond motifs is 1. The summed E-state index contributed by atoms with van der Waals surface area (Å²) in [6, 6.07) is 2.16. The first-order valence-corrected chi connectivity index (χ1v) is 6.32. The van der Waals surface area contributed by atoms with Crippen molar-refractivity contribution < 1.29 is 0 Å². The SMILES string of the molecule is Brc1cnc2c(c1)CCC(I)CN2. The van der Waals surface area contributed by atoms with Gasteiger partial charge in [0.1, 0.15) is 5.82 Å². The van der Waals surface area contributed by atoms with Crippen molar-refractivity contribution in [1.82, 2.24) is 4.98 Å². The lowest BCUT2D eigenvalue weighted by atomic mass is 10.1. The quantitative estimate of drug-likeness (QED) is 0.573. The first-order chi connectivity index (χ1) is 6.25. The second kappa shape index (κ2) is 4.13. The molecule has 2 nitrogen and oxygen atoms in total. The molecule has 0 fully saturated rings. The van der Waals surface area contributed by atoms with E-state index >= 15 is 0 Å². The average Bonchev–Trinajstić information content (AvgIpc) is 2.29. The van der Waals surface area contributed by atoms with Gasteiger partial charge < -0.3 is 5.32 Å². The Hall–Kier alpha value is 0.160. The van der Waals surface area contributed by atoms with E-state index in [0.29, 0.717) is 3.92 Å². The van der Waals surface area contributed by atoms with Crippen molar-refractivity contribution in [2.45, 2.75) is 16.8 Å². The highest BCUT2D eigenvalue weighted by molar-refractivity contribution is 14.1. The molecule has 1 aromatic heterocycles. The van der Waals surface area contributed by atoms with Crippen molar-refractivity contribution in [2.24, 2.45) is 0 Å². The number of nitrogens with zero attached hydrogens (tertiary/aromatic N) is 1. The minimum absolute atomic E-state index is 0.713. The fourth-order valence-electron chi connectivity index (χ4n) is 1.45. The number of pyridine rings is 1. The molecule has 1 aromatic rings. The summed E-state index contributed by atoms with van der Waals surface area (Å²) in [6.45, 7) is 1.03. The summed E-state index contributed by atoms with van der Waals surface area (Å²) >= 11 is 5.93. The zero-order chi connectivity index (χ0) is 9.26. The number of aromatic nitrogens is 1. The second-order valence-corrected chi connectivity index (χ2v) is 5.86. The zero-order valence-electron chi connectivity index (χ0n) is 7.06. The summed E-state index contributed by atoms with van der Waals surface area (Å²) in [7, 11) is 0. The number of hydrogen-bond donors (Lipinski definition) is 1. The number of halogens is 2. The van der Waals surface area contributed by atoms with Gasteiger partial charge in [-0.3, -0.25) is 0 Å². The van der Waals surface area contributed by atoms with Crippen LogP contribution in [0, 0.1) is 0 Å². The van der Waals surface area contributed by atoms with Crippen LogP contribution in [-0.4, -0.2) is 15.5 Å². The molecule has 1 N–H and O–H groups in total. The van der Waals surface area contributed by atoms with Crippen LogP contribution in [0.25, 0.3) is 0 Å². The highest BCUT2D eigenvalue weighted by Crippen LogP contribution is 2.24. The molecule has 0 aliphatic carbocycles. The van der Waals surface area contributed by atoms with E-state index in [9.17, 15) is 0 Å². The highest BCUT2D eigenvalue weighted by Gasteiger charge is 2.13. The Kier molecular flexibility index (Phi) is 3.08. The van der Waals surface area contributed by atoms with Crippen LogP contribution in [0.1, 0.15) is 12.0 Å². The van der Waals surface area contributed by atoms with Gasteiger partial charge in [0.25, 0.3) is 0 Å². The fraction of sp³-hybridized carbons (Fsp3) is 0.444. The molecule has 2 rings (SSSR count). The molecule has 13 heavy (non-hydrogen) atoms. The van der Waals surface area contributed by atoms with E-state index in [4.69, 9.17) is 0 Å². The Labute approximate surface area is 99.8 Å². The lowest BCUT2D eigenvalue weighted by molar-refractivity contribution is 0.827. The molecule has 70 valence electrons. The molecule has 1 atom stereocenters. The molecule has 1 aliphatic rings. The van der Waals surface area contributed by atoms with Crippen LogP contribution in [-0.2, 0) is 6.42 Å². The van der Waals surface area contributed by atoms with Crippen LogP contribution >= 0.6 is 38.5 Å². The fourth-order valence-corrected chi connectivity index (χ4v) is 2.36. The van der Waals surface area contributed by atoms with Gasteiger partial charge in [-0.05, 0) is 40.4 Å². The number of aryl methyl sites for hydroxylation is 1. The van der Waals surface area contributed by atoms with Crippen molar-refractivity contribution in [2.75, 3.05) is 11.9 Å². The van der Waals surface area contributed by atoms with E-state index in [1.807, 2.05) is 6.20 Å². The Bertz CT molecular complexity index is 316. The zero-order valence-corrected chi connectivity index (χ0v) is 10.8. The predicted molar refractivity (Wildman–Crippen MR) is 66.6 cm³/mol. The Morgan fingerprint density at radius 3 is 3.31 bits per heavy atom. The largest absolute Gasteiger partial charge is 0.369 e. The molecule has 0 amide bonds. The summed E-state index contributed by atoms with van der Waals surface area (Å²) in [5, 5.41) is 3.36. The van der Waals surface area contributed by atoms with Crippen molar-refractivity contribution >= 4 is 44.3 Å². The third kappa shape index (κ3) is 2.34. The summed E-state index contributed by atoms with van der Waals surface area (Å²) in [4.78, 5) is 4.35. The highest BCUT2D eigenvalue weighted by atomic mass is 127. The minimum Gasteiger partial charge on any atom is -0.369 e. The third-order valence-electron chi connectivity index (χ3n) is 2.15. The first kappa shape index (κ1) is 9.71. The van der Waals surface area contributed by atoms with Gasteiger partial charge in [0.15, 0.2) is 0 Å². The van der Waals surface area contributed by atoms with Crippen molar-refractivity contribution in [3.8, 4) is 0 Å². The van der Waals surface area contributed by atoms with Crippen LogP contribution in [0.4, 0.5) is 5.82 Å². The van der Waals surface area contributed by atoms with Gasteiger partial charge in [-0.2, -0.15) is 0 Å². The Morgan fingerprint density at radius 2 is 2.46 bits per heavy atom. The van der Waals surface area contributed by atoms with Crippen LogP contribution in [0.2, 0.25) is 0 Å². The normalized spacial score (nSPS) is 21.5. The van der Waals surface area contributed by atoms with Crippen molar-refractivity contribution in [3.63, 3.8) is 0 Å². The molecule has 0 saturated heterocycles. The lowest BCUT2D eigenvalue weighted by Crippen LogP contribution is -2.11. The van der Waals surface area contributed by atoms with E-state index in [1.54, 1.807) is 0 Å². The number of alkyl halides is 1. The van der Waals surface area contributed by atoms with E-state index < -0.39 is 0 Å². The number of hydrogen-bond acceptors (Lipinski definition) is 2.